The van der Waals surface area contributed by atoms with Crippen LogP contribution in [0.25, 0.3) is 0 Å². The van der Waals surface area contributed by atoms with Crippen LogP contribution in [0.4, 0.5) is 4.79 Å². The topological polar surface area (TPSA) is 96.9 Å². The maximum atomic E-state index is 11.6. The number of unbranched alkanes of at least 4 members (excludes halogenated alkanes) is 1. The number of alkyl carbamates (subject to hydrolysis) is 1. The Kier molecular flexibility index (Phi) is 8.09. The largest absolute Gasteiger partial charge is 0.444 e. The number of rotatable bonds is 7. The summed E-state index contributed by atoms with van der Waals surface area (Å²) in [5.41, 5.74) is 1.50. The number of carbonyl (C=O) groups is 2. The summed E-state index contributed by atoms with van der Waals surface area (Å²) >= 11 is 0. The molecule has 0 aromatic heterocycles. The second-order valence-electron chi connectivity index (χ2n) is 5.05. The Hall–Kier alpha value is -1.34. The molecule has 3 N–H and O–H groups in total. The Morgan fingerprint density at radius 2 is 1.95 bits per heavy atom. The smallest absolute Gasteiger partial charge is 0.408 e. The predicted octanol–water partition coefficient (Wildman–Crippen LogP) is 0.720. The van der Waals surface area contributed by atoms with Crippen molar-refractivity contribution >= 4 is 12.0 Å². The van der Waals surface area contributed by atoms with E-state index in [2.05, 4.69) is 10.8 Å². The zero-order valence-electron chi connectivity index (χ0n) is 12.0. The monoisotopic (exact) mass is 276 g/mol. The first-order valence-electron chi connectivity index (χ1n) is 6.32. The van der Waals surface area contributed by atoms with Gasteiger partial charge in [-0.25, -0.2) is 10.3 Å². The van der Waals surface area contributed by atoms with Crippen molar-refractivity contribution in [2.45, 2.75) is 52.2 Å². The number of hydroxylamine groups is 1. The molecule has 0 aromatic carbocycles. The van der Waals surface area contributed by atoms with E-state index >= 15 is 0 Å². The van der Waals surface area contributed by atoms with Gasteiger partial charge in [0.25, 0.3) is 5.91 Å². The van der Waals surface area contributed by atoms with Crippen LogP contribution in [-0.2, 0) is 14.4 Å². The van der Waals surface area contributed by atoms with Gasteiger partial charge >= 0.3 is 6.09 Å². The third kappa shape index (κ3) is 9.26. The summed E-state index contributed by atoms with van der Waals surface area (Å²) in [7, 11) is 0. The minimum absolute atomic E-state index is 0.382. The Morgan fingerprint density at radius 3 is 2.42 bits per heavy atom. The van der Waals surface area contributed by atoms with Gasteiger partial charge in [-0.1, -0.05) is 13.3 Å². The average molecular weight is 276 g/mol. The lowest BCUT2D eigenvalue weighted by molar-refractivity contribution is -0.136. The number of hydrogen-bond donors (Lipinski definition) is 3. The second-order valence-corrected chi connectivity index (χ2v) is 5.05. The minimum atomic E-state index is -1.10. The molecule has 0 aromatic rings. The molecule has 0 heterocycles. The van der Waals surface area contributed by atoms with Crippen LogP contribution in [-0.4, -0.2) is 42.0 Å². The van der Waals surface area contributed by atoms with Crippen molar-refractivity contribution in [1.29, 1.82) is 0 Å². The van der Waals surface area contributed by atoms with Crippen LogP contribution in [0.5, 0.6) is 0 Å². The van der Waals surface area contributed by atoms with Crippen molar-refractivity contribution in [3.05, 3.63) is 0 Å². The fourth-order valence-corrected chi connectivity index (χ4v) is 1.05. The summed E-state index contributed by atoms with van der Waals surface area (Å²) in [6.45, 7) is 6.94. The average Bonchev–Trinajstić information content (AvgIpc) is 2.29. The molecular formula is C12H24N2O5. The van der Waals surface area contributed by atoms with Crippen molar-refractivity contribution in [1.82, 2.24) is 10.8 Å². The van der Waals surface area contributed by atoms with E-state index < -0.39 is 30.3 Å². The lowest BCUT2D eigenvalue weighted by atomic mass is 10.2. The first kappa shape index (κ1) is 17.7. The lowest BCUT2D eigenvalue weighted by Crippen LogP contribution is -2.50. The Morgan fingerprint density at radius 1 is 1.32 bits per heavy atom. The third-order valence-electron chi connectivity index (χ3n) is 1.96. The molecule has 0 aliphatic carbocycles. The Balaban J connectivity index is 4.11. The SMILES string of the molecule is CCCCONC(=O)[C@@H](CO)NC(=O)OC(C)(C)C. The van der Waals surface area contributed by atoms with Gasteiger partial charge in [0, 0.05) is 0 Å². The van der Waals surface area contributed by atoms with Gasteiger partial charge in [0.15, 0.2) is 0 Å². The fourth-order valence-electron chi connectivity index (χ4n) is 1.05. The maximum absolute atomic E-state index is 11.6. The van der Waals surface area contributed by atoms with Crippen LogP contribution < -0.4 is 10.8 Å². The minimum Gasteiger partial charge on any atom is -0.444 e. The highest BCUT2D eigenvalue weighted by Gasteiger charge is 2.23. The quantitative estimate of drug-likeness (QED) is 0.470. The van der Waals surface area contributed by atoms with Crippen molar-refractivity contribution in [2.75, 3.05) is 13.2 Å². The maximum Gasteiger partial charge on any atom is 0.408 e. The highest BCUT2D eigenvalue weighted by atomic mass is 16.7. The number of hydrogen-bond acceptors (Lipinski definition) is 5. The van der Waals surface area contributed by atoms with Gasteiger partial charge in [0.05, 0.1) is 13.2 Å². The lowest BCUT2D eigenvalue weighted by Gasteiger charge is -2.22. The van der Waals surface area contributed by atoms with Crippen molar-refractivity contribution in [3.8, 4) is 0 Å². The number of ether oxygens (including phenoxy) is 1. The Bertz CT molecular complexity index is 288. The number of aliphatic hydroxyl groups is 1. The van der Waals surface area contributed by atoms with E-state index in [1.165, 1.54) is 0 Å². The van der Waals surface area contributed by atoms with Crippen molar-refractivity contribution in [3.63, 3.8) is 0 Å². The van der Waals surface area contributed by atoms with E-state index in [9.17, 15) is 9.59 Å². The normalized spacial score (nSPS) is 12.7. The molecule has 0 bridgehead atoms. The van der Waals surface area contributed by atoms with E-state index in [0.29, 0.717) is 6.61 Å². The first-order chi connectivity index (χ1) is 8.80. The van der Waals surface area contributed by atoms with Gasteiger partial charge < -0.3 is 15.2 Å². The molecule has 0 unspecified atom stereocenters. The number of amides is 2. The molecule has 0 aliphatic rings. The molecule has 0 fully saturated rings. The zero-order valence-corrected chi connectivity index (χ0v) is 12.0. The van der Waals surface area contributed by atoms with E-state index in [1.54, 1.807) is 20.8 Å². The summed E-state index contributed by atoms with van der Waals surface area (Å²) in [5, 5.41) is 11.3. The molecule has 0 rings (SSSR count). The van der Waals surface area contributed by atoms with E-state index in [0.717, 1.165) is 12.8 Å². The molecule has 0 spiro atoms. The molecule has 0 saturated heterocycles. The van der Waals surface area contributed by atoms with Crippen LogP contribution in [0.1, 0.15) is 40.5 Å². The molecule has 19 heavy (non-hydrogen) atoms. The summed E-state index contributed by atoms with van der Waals surface area (Å²) in [6.07, 6.45) is 0.981. The van der Waals surface area contributed by atoms with Crippen LogP contribution in [0, 0.1) is 0 Å². The second kappa shape index (κ2) is 8.71. The number of carbonyl (C=O) groups excluding carboxylic acids is 2. The van der Waals surface area contributed by atoms with E-state index in [1.807, 2.05) is 6.92 Å². The van der Waals surface area contributed by atoms with Crippen molar-refractivity contribution in [2.24, 2.45) is 0 Å². The van der Waals surface area contributed by atoms with Gasteiger partial charge in [-0.2, -0.15) is 0 Å². The molecule has 0 radical (unpaired) electrons. The molecule has 7 heteroatoms. The summed E-state index contributed by atoms with van der Waals surface area (Å²) in [5.74, 6) is -0.621. The summed E-state index contributed by atoms with van der Waals surface area (Å²) < 4.78 is 4.98. The molecular weight excluding hydrogens is 252 g/mol. The van der Waals surface area contributed by atoms with Gasteiger partial charge in [0.2, 0.25) is 0 Å². The van der Waals surface area contributed by atoms with Gasteiger partial charge in [-0.15, -0.1) is 0 Å². The van der Waals surface area contributed by atoms with Crippen LogP contribution in [0.15, 0.2) is 0 Å². The van der Waals surface area contributed by atoms with Gasteiger partial charge in [0.1, 0.15) is 11.6 Å². The molecule has 0 aliphatic heterocycles. The van der Waals surface area contributed by atoms with Gasteiger partial charge in [-0.05, 0) is 27.2 Å². The highest BCUT2D eigenvalue weighted by Crippen LogP contribution is 2.06. The first-order valence-corrected chi connectivity index (χ1v) is 6.32. The van der Waals surface area contributed by atoms with E-state index in [-0.39, 0.29) is 0 Å². The van der Waals surface area contributed by atoms with Crippen LogP contribution in [0.3, 0.4) is 0 Å². The molecule has 112 valence electrons. The molecule has 2 amide bonds. The van der Waals surface area contributed by atoms with E-state index in [4.69, 9.17) is 14.7 Å². The van der Waals surface area contributed by atoms with Crippen LogP contribution >= 0.6 is 0 Å². The third-order valence-corrected chi connectivity index (χ3v) is 1.96. The Labute approximate surface area is 113 Å². The molecule has 0 saturated carbocycles. The molecule has 7 nitrogen and oxygen atoms in total. The number of aliphatic hydroxyl groups excluding tert-OH is 1. The summed E-state index contributed by atoms with van der Waals surface area (Å²) in [4.78, 5) is 27.9. The van der Waals surface area contributed by atoms with Crippen LogP contribution in [0.2, 0.25) is 0 Å². The van der Waals surface area contributed by atoms with Gasteiger partial charge in [-0.3, -0.25) is 9.63 Å². The fraction of sp³-hybridized carbons (Fsp3) is 0.833. The highest BCUT2D eigenvalue weighted by molar-refractivity contribution is 5.85. The molecule has 1 atom stereocenters. The predicted molar refractivity (Wildman–Crippen MR) is 69.2 cm³/mol. The summed E-state index contributed by atoms with van der Waals surface area (Å²) in [6, 6.07) is -1.10. The zero-order chi connectivity index (χ0) is 14.9. The van der Waals surface area contributed by atoms with Crippen molar-refractivity contribution < 1.29 is 24.3 Å². The number of nitrogens with one attached hydrogen (secondary N) is 2. The standard InChI is InChI=1S/C12H24N2O5/c1-5-6-7-18-14-10(16)9(8-15)13-11(17)19-12(2,3)4/h9,15H,5-8H2,1-4H3,(H,13,17)(H,14,16)/t9-/m1/s1.